The number of hydrogen-bond donors (Lipinski definition) is 2. The van der Waals surface area contributed by atoms with Gasteiger partial charge in [-0.25, -0.2) is 0 Å². The van der Waals surface area contributed by atoms with Crippen molar-refractivity contribution in [2.24, 2.45) is 5.73 Å². The summed E-state index contributed by atoms with van der Waals surface area (Å²) >= 11 is 5.83. The molecule has 3 nitrogen and oxygen atoms in total. The molecule has 0 aliphatic rings. The number of hydrogen-bond acceptors (Lipinski definition) is 2. The van der Waals surface area contributed by atoms with Gasteiger partial charge in [-0.3, -0.25) is 4.79 Å². The van der Waals surface area contributed by atoms with Gasteiger partial charge in [0.25, 0.3) is 0 Å². The van der Waals surface area contributed by atoms with Gasteiger partial charge in [0.15, 0.2) is 0 Å². The first kappa shape index (κ1) is 12.0. The summed E-state index contributed by atoms with van der Waals surface area (Å²) in [5.74, 6) is -0.0876. The van der Waals surface area contributed by atoms with Crippen molar-refractivity contribution in [1.82, 2.24) is 0 Å². The third-order valence-electron chi connectivity index (χ3n) is 1.98. The molecule has 1 amide bonds. The number of anilines is 1. The van der Waals surface area contributed by atoms with Gasteiger partial charge in [-0.15, -0.1) is 0 Å². The predicted octanol–water partition coefficient (Wildman–Crippen LogP) is 2.32. The lowest BCUT2D eigenvalue weighted by Crippen LogP contribution is -2.24. The van der Waals surface area contributed by atoms with Crippen molar-refractivity contribution in [3.8, 4) is 0 Å². The van der Waals surface area contributed by atoms with Gasteiger partial charge in [0.05, 0.1) is 0 Å². The fourth-order valence-electron chi connectivity index (χ4n) is 1.22. The van der Waals surface area contributed by atoms with Gasteiger partial charge in [0.1, 0.15) is 0 Å². The van der Waals surface area contributed by atoms with E-state index in [9.17, 15) is 4.79 Å². The van der Waals surface area contributed by atoms with E-state index in [0.29, 0.717) is 11.4 Å². The standard InChI is InChI=1S/C11H15ClN2O/c1-7-3-4-9(12)6-10(7)14-11(15)5-8(2)13/h3-4,6,8H,5,13H2,1-2H3,(H,14,15). The number of carbonyl (C=O) groups is 1. The number of rotatable bonds is 3. The van der Waals surface area contributed by atoms with Crippen molar-refractivity contribution in [2.75, 3.05) is 5.32 Å². The Morgan fingerprint density at radius 3 is 2.87 bits per heavy atom. The second-order valence-corrected chi connectivity index (χ2v) is 4.13. The highest BCUT2D eigenvalue weighted by Gasteiger charge is 2.07. The molecule has 0 fully saturated rings. The molecule has 1 aromatic carbocycles. The van der Waals surface area contributed by atoms with Crippen LogP contribution in [-0.2, 0) is 4.79 Å². The molecule has 0 heterocycles. The van der Waals surface area contributed by atoms with Crippen LogP contribution in [0.2, 0.25) is 5.02 Å². The zero-order valence-corrected chi connectivity index (χ0v) is 9.64. The average Bonchev–Trinajstić information content (AvgIpc) is 2.10. The van der Waals surface area contributed by atoms with Gasteiger partial charge in [-0.1, -0.05) is 17.7 Å². The molecule has 0 aliphatic heterocycles. The van der Waals surface area contributed by atoms with Gasteiger partial charge in [0.2, 0.25) is 5.91 Å². The Hall–Kier alpha value is -1.06. The first-order chi connectivity index (χ1) is 6.99. The molecule has 3 N–H and O–H groups in total. The predicted molar refractivity (Wildman–Crippen MR) is 63.1 cm³/mol. The molecule has 1 atom stereocenters. The molecule has 1 unspecified atom stereocenters. The smallest absolute Gasteiger partial charge is 0.225 e. The fourth-order valence-corrected chi connectivity index (χ4v) is 1.39. The van der Waals surface area contributed by atoms with E-state index in [2.05, 4.69) is 5.32 Å². The second kappa shape index (κ2) is 5.14. The monoisotopic (exact) mass is 226 g/mol. The minimum absolute atomic E-state index is 0.0876. The molecular formula is C11H15ClN2O. The molecule has 0 saturated carbocycles. The third kappa shape index (κ3) is 3.90. The third-order valence-corrected chi connectivity index (χ3v) is 2.22. The van der Waals surface area contributed by atoms with Crippen molar-refractivity contribution in [2.45, 2.75) is 26.3 Å². The zero-order valence-electron chi connectivity index (χ0n) is 8.88. The summed E-state index contributed by atoms with van der Waals surface area (Å²) in [4.78, 5) is 11.5. The van der Waals surface area contributed by atoms with Crippen LogP contribution in [0, 0.1) is 6.92 Å². The minimum Gasteiger partial charge on any atom is -0.327 e. The number of nitrogens with one attached hydrogen (secondary N) is 1. The van der Waals surface area contributed by atoms with Crippen LogP contribution in [0.4, 0.5) is 5.69 Å². The Labute approximate surface area is 94.6 Å². The van der Waals surface area contributed by atoms with Crippen molar-refractivity contribution < 1.29 is 4.79 Å². The fraction of sp³-hybridized carbons (Fsp3) is 0.364. The molecule has 0 aromatic heterocycles. The summed E-state index contributed by atoms with van der Waals surface area (Å²) in [5.41, 5.74) is 7.26. The number of benzene rings is 1. The van der Waals surface area contributed by atoms with Crippen LogP contribution in [0.5, 0.6) is 0 Å². The van der Waals surface area contributed by atoms with Crippen molar-refractivity contribution >= 4 is 23.2 Å². The van der Waals surface area contributed by atoms with Crippen LogP contribution in [0.15, 0.2) is 18.2 Å². The topological polar surface area (TPSA) is 55.1 Å². The Balaban J connectivity index is 2.71. The van der Waals surface area contributed by atoms with E-state index >= 15 is 0 Å². The summed E-state index contributed by atoms with van der Waals surface area (Å²) in [6.45, 7) is 3.71. The summed E-state index contributed by atoms with van der Waals surface area (Å²) in [6.07, 6.45) is 0.311. The molecule has 0 saturated heterocycles. The van der Waals surface area contributed by atoms with E-state index in [1.54, 1.807) is 19.1 Å². The molecule has 1 aromatic rings. The van der Waals surface area contributed by atoms with Crippen molar-refractivity contribution in [3.05, 3.63) is 28.8 Å². The van der Waals surface area contributed by atoms with Crippen LogP contribution in [-0.4, -0.2) is 11.9 Å². The molecule has 82 valence electrons. The lowest BCUT2D eigenvalue weighted by atomic mass is 10.2. The van der Waals surface area contributed by atoms with Gasteiger partial charge in [-0.05, 0) is 31.5 Å². The first-order valence-electron chi connectivity index (χ1n) is 4.80. The Morgan fingerprint density at radius 2 is 2.27 bits per heavy atom. The Kier molecular flexibility index (Phi) is 4.12. The summed E-state index contributed by atoms with van der Waals surface area (Å²) in [5, 5.41) is 3.39. The Bertz CT molecular complexity index is 364. The van der Waals surface area contributed by atoms with Gasteiger partial charge in [-0.2, -0.15) is 0 Å². The summed E-state index contributed by atoms with van der Waals surface area (Å²) < 4.78 is 0. The maximum Gasteiger partial charge on any atom is 0.225 e. The number of aryl methyl sites for hydroxylation is 1. The molecule has 4 heteroatoms. The van der Waals surface area contributed by atoms with Crippen LogP contribution in [0.3, 0.4) is 0 Å². The number of amides is 1. The average molecular weight is 227 g/mol. The van der Waals surface area contributed by atoms with Gasteiger partial charge in [0, 0.05) is 23.2 Å². The molecule has 0 radical (unpaired) electrons. The van der Waals surface area contributed by atoms with E-state index in [-0.39, 0.29) is 11.9 Å². The molecule has 0 bridgehead atoms. The SMILES string of the molecule is Cc1ccc(Cl)cc1NC(=O)CC(C)N. The van der Waals surface area contributed by atoms with Crippen LogP contribution < -0.4 is 11.1 Å². The highest BCUT2D eigenvalue weighted by Crippen LogP contribution is 2.20. The lowest BCUT2D eigenvalue weighted by molar-refractivity contribution is -0.116. The highest BCUT2D eigenvalue weighted by atomic mass is 35.5. The lowest BCUT2D eigenvalue weighted by Gasteiger charge is -2.09. The maximum absolute atomic E-state index is 11.5. The second-order valence-electron chi connectivity index (χ2n) is 3.69. The number of carbonyl (C=O) groups excluding carboxylic acids is 1. The van der Waals surface area contributed by atoms with Gasteiger partial charge >= 0.3 is 0 Å². The van der Waals surface area contributed by atoms with E-state index < -0.39 is 0 Å². The largest absolute Gasteiger partial charge is 0.327 e. The highest BCUT2D eigenvalue weighted by molar-refractivity contribution is 6.31. The Morgan fingerprint density at radius 1 is 1.60 bits per heavy atom. The molecule has 0 aliphatic carbocycles. The summed E-state index contributed by atoms with van der Waals surface area (Å²) in [6, 6.07) is 5.25. The molecular weight excluding hydrogens is 212 g/mol. The maximum atomic E-state index is 11.5. The molecule has 1 rings (SSSR count). The van der Waals surface area contributed by atoms with Crippen molar-refractivity contribution in [1.29, 1.82) is 0 Å². The number of nitrogens with two attached hydrogens (primary N) is 1. The minimum atomic E-state index is -0.135. The number of halogens is 1. The van der Waals surface area contributed by atoms with E-state index in [1.165, 1.54) is 0 Å². The first-order valence-corrected chi connectivity index (χ1v) is 5.18. The molecule has 0 spiro atoms. The normalized spacial score (nSPS) is 12.3. The summed E-state index contributed by atoms with van der Waals surface area (Å²) in [7, 11) is 0. The van der Waals surface area contributed by atoms with Crippen LogP contribution in [0.1, 0.15) is 18.9 Å². The van der Waals surface area contributed by atoms with E-state index in [4.69, 9.17) is 17.3 Å². The van der Waals surface area contributed by atoms with Gasteiger partial charge < -0.3 is 11.1 Å². The quantitative estimate of drug-likeness (QED) is 0.831. The molecule has 15 heavy (non-hydrogen) atoms. The zero-order chi connectivity index (χ0) is 11.4. The van der Waals surface area contributed by atoms with Crippen molar-refractivity contribution in [3.63, 3.8) is 0 Å². The van der Waals surface area contributed by atoms with Crippen LogP contribution in [0.25, 0.3) is 0 Å². The van der Waals surface area contributed by atoms with Crippen LogP contribution >= 0.6 is 11.6 Å². The van der Waals surface area contributed by atoms with E-state index in [1.807, 2.05) is 13.0 Å². The van der Waals surface area contributed by atoms with E-state index in [0.717, 1.165) is 11.3 Å².